The summed E-state index contributed by atoms with van der Waals surface area (Å²) in [6.07, 6.45) is -2.84. The van der Waals surface area contributed by atoms with Gasteiger partial charge in [0.05, 0.1) is 30.5 Å². The van der Waals surface area contributed by atoms with Crippen LogP contribution in [0.4, 0.5) is 23.2 Å². The molecular formula is C35H32F4N6O3S. The molecule has 0 saturated carbocycles. The Kier molecular flexibility index (Phi) is 8.86. The molecule has 1 aromatic heterocycles. The van der Waals surface area contributed by atoms with Gasteiger partial charge < -0.3 is 9.64 Å². The number of para-hydroxylation sites is 1. The van der Waals surface area contributed by atoms with Gasteiger partial charge in [0.1, 0.15) is 22.2 Å². The van der Waals surface area contributed by atoms with Gasteiger partial charge in [0, 0.05) is 62.1 Å². The summed E-state index contributed by atoms with van der Waals surface area (Å²) in [6.45, 7) is 3.38. The van der Waals surface area contributed by atoms with Crippen LogP contribution in [0.1, 0.15) is 27.9 Å². The minimum atomic E-state index is -4.43. The number of piperazine rings is 1. The predicted octanol–water partition coefficient (Wildman–Crippen LogP) is 6.30. The second-order valence-corrected chi connectivity index (χ2v) is 14.0. The van der Waals surface area contributed by atoms with E-state index in [-0.39, 0.29) is 36.1 Å². The van der Waals surface area contributed by atoms with Gasteiger partial charge in [-0.3, -0.25) is 4.90 Å². The summed E-state index contributed by atoms with van der Waals surface area (Å²) in [7, 11) is -4.08. The Hall–Kier alpha value is -4.79. The van der Waals surface area contributed by atoms with Crippen molar-refractivity contribution in [1.82, 2.24) is 24.2 Å². The lowest BCUT2D eigenvalue weighted by Crippen LogP contribution is -2.46. The number of ether oxygens (including phenoxy) is 1. The summed E-state index contributed by atoms with van der Waals surface area (Å²) in [4.78, 5) is 4.36. The van der Waals surface area contributed by atoms with Crippen LogP contribution in [-0.2, 0) is 42.4 Å². The molecule has 0 unspecified atom stereocenters. The van der Waals surface area contributed by atoms with Crippen LogP contribution in [0.15, 0.2) is 102 Å². The second-order valence-electron chi connectivity index (χ2n) is 12.1. The third-order valence-corrected chi connectivity index (χ3v) is 10.6. The van der Waals surface area contributed by atoms with E-state index in [9.17, 15) is 26.0 Å². The number of halogens is 4. The normalized spacial score (nSPS) is 16.7. The molecule has 3 heterocycles. The fourth-order valence-electron chi connectivity index (χ4n) is 6.08. The Morgan fingerprint density at radius 2 is 1.53 bits per heavy atom. The molecule has 0 spiro atoms. The number of fused-ring (bicyclic) bond motifs is 2. The lowest BCUT2D eigenvalue weighted by atomic mass is 10.1. The zero-order valence-electron chi connectivity index (χ0n) is 26.2. The van der Waals surface area contributed by atoms with Crippen molar-refractivity contribution in [2.45, 2.75) is 37.3 Å². The molecule has 5 aromatic rings. The van der Waals surface area contributed by atoms with Crippen LogP contribution in [0.2, 0.25) is 0 Å². The van der Waals surface area contributed by atoms with Gasteiger partial charge in [0.15, 0.2) is 0 Å². The summed E-state index contributed by atoms with van der Waals surface area (Å²) >= 11 is 0. The molecule has 0 aliphatic carbocycles. The minimum Gasteiger partial charge on any atom is -0.456 e. The van der Waals surface area contributed by atoms with Gasteiger partial charge in [0.25, 0.3) is 0 Å². The maximum atomic E-state index is 14.2. The standard InChI is InChI=1S/C35H32F4N6O3S/c36-31-7-3-1-5-26(31)21-42-15-17-43(18-16-42)30-13-14-34-33(19-30)48-32-8-4-2-6-27(32)22-45(49(34,46)47)24-29-23-44(41-40-29)20-25-9-11-28(12-10-25)35(37,38)39/h1-14,19,23H,15-18,20-22,24H2. The SMILES string of the molecule is O=S1(=O)c2ccc(N3CCN(Cc4ccccc4F)CC3)cc2Oc2ccccc2CN1Cc1cn(Cc2ccc(C(F)(F)F)cc2)nn1. The zero-order valence-corrected chi connectivity index (χ0v) is 27.0. The largest absolute Gasteiger partial charge is 0.456 e. The maximum Gasteiger partial charge on any atom is 0.416 e. The van der Waals surface area contributed by atoms with Crippen molar-refractivity contribution < 1.29 is 30.7 Å². The summed E-state index contributed by atoms with van der Waals surface area (Å²) in [5.41, 5.74) is 2.36. The van der Waals surface area contributed by atoms with Gasteiger partial charge >= 0.3 is 6.18 Å². The number of hydrogen-bond donors (Lipinski definition) is 0. The Morgan fingerprint density at radius 3 is 2.29 bits per heavy atom. The van der Waals surface area contributed by atoms with Crippen LogP contribution in [0.5, 0.6) is 11.5 Å². The van der Waals surface area contributed by atoms with E-state index in [4.69, 9.17) is 4.74 Å². The van der Waals surface area contributed by atoms with Crippen molar-refractivity contribution in [1.29, 1.82) is 0 Å². The number of alkyl halides is 3. The number of benzene rings is 4. The molecule has 1 saturated heterocycles. The predicted molar refractivity (Wildman–Crippen MR) is 174 cm³/mol. The van der Waals surface area contributed by atoms with E-state index in [2.05, 4.69) is 20.1 Å². The molecular weight excluding hydrogens is 660 g/mol. The average Bonchev–Trinajstić information content (AvgIpc) is 3.52. The number of nitrogens with zero attached hydrogens (tertiary/aromatic N) is 6. The van der Waals surface area contributed by atoms with Crippen molar-refractivity contribution in [2.75, 3.05) is 31.1 Å². The monoisotopic (exact) mass is 692 g/mol. The van der Waals surface area contributed by atoms with Gasteiger partial charge in [-0.1, -0.05) is 53.7 Å². The van der Waals surface area contributed by atoms with Gasteiger partial charge in [-0.2, -0.15) is 17.5 Å². The highest BCUT2D eigenvalue weighted by atomic mass is 32.2. The van der Waals surface area contributed by atoms with E-state index in [1.165, 1.54) is 27.2 Å². The number of hydrogen-bond acceptors (Lipinski definition) is 7. The molecule has 9 nitrogen and oxygen atoms in total. The first kappa shape index (κ1) is 32.7. The van der Waals surface area contributed by atoms with Crippen LogP contribution in [0, 0.1) is 5.82 Å². The Labute approximate surface area is 281 Å². The van der Waals surface area contributed by atoms with E-state index in [0.717, 1.165) is 17.8 Å². The van der Waals surface area contributed by atoms with E-state index in [1.807, 2.05) is 24.3 Å². The molecule has 7 rings (SSSR count). The third kappa shape index (κ3) is 7.16. The van der Waals surface area contributed by atoms with Crippen LogP contribution in [0.3, 0.4) is 0 Å². The minimum absolute atomic E-state index is 0.0149. The van der Waals surface area contributed by atoms with E-state index in [0.29, 0.717) is 60.9 Å². The first-order valence-corrected chi connectivity index (χ1v) is 17.1. The molecule has 1 fully saturated rings. The topological polar surface area (TPSA) is 83.8 Å². The van der Waals surface area contributed by atoms with E-state index >= 15 is 0 Å². The lowest BCUT2D eigenvalue weighted by Gasteiger charge is -2.36. The highest BCUT2D eigenvalue weighted by Gasteiger charge is 2.33. The van der Waals surface area contributed by atoms with Crippen molar-refractivity contribution in [3.05, 3.63) is 131 Å². The molecule has 254 valence electrons. The van der Waals surface area contributed by atoms with Crippen LogP contribution >= 0.6 is 0 Å². The van der Waals surface area contributed by atoms with Crippen molar-refractivity contribution in [2.24, 2.45) is 0 Å². The smallest absolute Gasteiger partial charge is 0.416 e. The molecule has 0 atom stereocenters. The number of aromatic nitrogens is 3. The average molecular weight is 693 g/mol. The maximum absolute atomic E-state index is 14.2. The third-order valence-electron chi connectivity index (χ3n) is 8.72. The number of rotatable bonds is 7. The summed E-state index contributed by atoms with van der Waals surface area (Å²) in [6, 6.07) is 23.9. The molecule has 2 aliphatic rings. The van der Waals surface area contributed by atoms with Gasteiger partial charge in [-0.15, -0.1) is 5.10 Å². The van der Waals surface area contributed by atoms with E-state index < -0.39 is 21.8 Å². The van der Waals surface area contributed by atoms with Crippen molar-refractivity contribution in [3.63, 3.8) is 0 Å². The number of anilines is 1. The van der Waals surface area contributed by atoms with Gasteiger partial charge in [0.2, 0.25) is 10.0 Å². The Morgan fingerprint density at radius 1 is 0.796 bits per heavy atom. The quantitative estimate of drug-likeness (QED) is 0.185. The Bertz CT molecular complexity index is 2060. The first-order chi connectivity index (χ1) is 23.5. The molecule has 2 aliphatic heterocycles. The van der Waals surface area contributed by atoms with Crippen LogP contribution in [0.25, 0.3) is 0 Å². The second kappa shape index (κ2) is 13.3. The molecule has 0 N–H and O–H groups in total. The summed E-state index contributed by atoms with van der Waals surface area (Å²) < 4.78 is 90.5. The molecule has 0 radical (unpaired) electrons. The molecule has 4 aromatic carbocycles. The molecule has 0 bridgehead atoms. The molecule has 49 heavy (non-hydrogen) atoms. The molecule has 0 amide bonds. The highest BCUT2D eigenvalue weighted by Crippen LogP contribution is 2.39. The zero-order chi connectivity index (χ0) is 34.2. The lowest BCUT2D eigenvalue weighted by molar-refractivity contribution is -0.137. The van der Waals surface area contributed by atoms with Crippen molar-refractivity contribution in [3.8, 4) is 11.5 Å². The van der Waals surface area contributed by atoms with Gasteiger partial charge in [-0.25, -0.2) is 17.5 Å². The molecule has 14 heteroatoms. The van der Waals surface area contributed by atoms with Crippen molar-refractivity contribution >= 4 is 15.7 Å². The highest BCUT2D eigenvalue weighted by molar-refractivity contribution is 7.89. The number of sulfonamides is 1. The van der Waals surface area contributed by atoms with Gasteiger partial charge in [-0.05, 0) is 42.0 Å². The Balaban J connectivity index is 1.10. The fourth-order valence-corrected chi connectivity index (χ4v) is 7.56. The van der Waals surface area contributed by atoms with E-state index in [1.54, 1.807) is 42.6 Å². The summed E-state index contributed by atoms with van der Waals surface area (Å²) in [5, 5.41) is 8.26. The summed E-state index contributed by atoms with van der Waals surface area (Å²) in [5.74, 6) is 0.512. The van der Waals surface area contributed by atoms with Crippen LogP contribution in [-0.4, -0.2) is 58.8 Å². The fraction of sp³-hybridized carbons (Fsp3) is 0.257. The van der Waals surface area contributed by atoms with Crippen LogP contribution < -0.4 is 9.64 Å². The first-order valence-electron chi connectivity index (χ1n) is 15.7.